The molecule has 0 aliphatic rings. The molecule has 0 amide bonds. The Hall–Kier alpha value is -1.98. The fourth-order valence-electron chi connectivity index (χ4n) is 2.50. The molecule has 1 unspecified atom stereocenters. The van der Waals surface area contributed by atoms with Crippen LogP contribution in [-0.2, 0) is 11.1 Å². The zero-order chi connectivity index (χ0) is 17.3. The van der Waals surface area contributed by atoms with Crippen molar-refractivity contribution in [2.75, 3.05) is 18.6 Å². The number of rotatable bonds is 5. The first-order chi connectivity index (χ1) is 11.4. The van der Waals surface area contributed by atoms with E-state index in [2.05, 4.69) is 19.9 Å². The van der Waals surface area contributed by atoms with Gasteiger partial charge in [0.25, 0.3) is 0 Å². The minimum Gasteiger partial charge on any atom is -0.382 e. The summed E-state index contributed by atoms with van der Waals surface area (Å²) < 4.78 is 14.6. The summed E-state index contributed by atoms with van der Waals surface area (Å²) >= 11 is 5.81. The molecule has 9 heteroatoms. The second-order valence-corrected chi connectivity index (χ2v) is 9.20. The summed E-state index contributed by atoms with van der Waals surface area (Å²) in [5, 5.41) is 0.439. The quantitative estimate of drug-likeness (QED) is 0.551. The van der Waals surface area contributed by atoms with Gasteiger partial charge < -0.3 is 14.9 Å². The number of nitrogens with two attached hydrogens (primary N) is 1. The average Bonchev–Trinajstić information content (AvgIpc) is 2.93. The first-order valence-electron chi connectivity index (χ1n) is 7.56. The highest BCUT2D eigenvalue weighted by Gasteiger charge is 2.23. The number of anilines is 1. The van der Waals surface area contributed by atoms with Crippen LogP contribution < -0.4 is 11.3 Å². The fraction of sp³-hybridized carbons (Fsp3) is 0.333. The van der Waals surface area contributed by atoms with Crippen LogP contribution in [0, 0.1) is 0 Å². The zero-order valence-electron chi connectivity index (χ0n) is 13.5. The van der Waals surface area contributed by atoms with Crippen molar-refractivity contribution in [3.8, 4) is 0 Å². The van der Waals surface area contributed by atoms with Gasteiger partial charge in [0.05, 0.1) is 12.9 Å². The van der Waals surface area contributed by atoms with Crippen molar-refractivity contribution in [3.63, 3.8) is 0 Å². The molecule has 0 aromatic carbocycles. The third-order valence-corrected chi connectivity index (χ3v) is 6.26. The highest BCUT2D eigenvalue weighted by molar-refractivity contribution is 7.70. The molecular weight excluding hydrogens is 347 g/mol. The summed E-state index contributed by atoms with van der Waals surface area (Å²) in [4.78, 5) is 17.1. The van der Waals surface area contributed by atoms with E-state index in [1.54, 1.807) is 25.3 Å². The summed E-state index contributed by atoms with van der Waals surface area (Å²) in [6.45, 7) is 4.19. The summed E-state index contributed by atoms with van der Waals surface area (Å²) in [7, 11) is -2.63. The van der Waals surface area contributed by atoms with E-state index in [0.717, 1.165) is 12.0 Å². The molecule has 3 aromatic heterocycles. The molecule has 3 rings (SSSR count). The number of aromatic nitrogens is 5. The Morgan fingerprint density at radius 1 is 1.29 bits per heavy atom. The molecule has 0 aliphatic carbocycles. The topological polar surface area (TPSA) is 99.6 Å². The van der Waals surface area contributed by atoms with Gasteiger partial charge in [-0.25, -0.2) is 19.9 Å². The summed E-state index contributed by atoms with van der Waals surface area (Å²) in [5.41, 5.74) is 8.34. The number of pyridine rings is 1. The van der Waals surface area contributed by atoms with E-state index in [9.17, 15) is 4.57 Å². The van der Waals surface area contributed by atoms with Crippen molar-refractivity contribution in [2.45, 2.75) is 19.9 Å². The lowest BCUT2D eigenvalue weighted by atomic mass is 10.3. The molecular formula is C15H18ClN6OP. The minimum absolute atomic E-state index is 0.251. The van der Waals surface area contributed by atoms with Crippen LogP contribution in [0.1, 0.15) is 18.9 Å². The number of hydrogen-bond acceptors (Lipinski definition) is 6. The largest absolute Gasteiger partial charge is 0.382 e. The van der Waals surface area contributed by atoms with Gasteiger partial charge in [-0.3, -0.25) is 0 Å². The molecule has 24 heavy (non-hydrogen) atoms. The van der Waals surface area contributed by atoms with Gasteiger partial charge in [0.1, 0.15) is 17.8 Å². The molecule has 7 nitrogen and oxygen atoms in total. The van der Waals surface area contributed by atoms with Crippen LogP contribution in [0.2, 0.25) is 5.15 Å². The molecule has 0 radical (unpaired) electrons. The molecule has 0 saturated heterocycles. The summed E-state index contributed by atoms with van der Waals surface area (Å²) in [5.74, 6) is 0.251. The molecule has 0 bridgehead atoms. The monoisotopic (exact) mass is 364 g/mol. The maximum absolute atomic E-state index is 12.8. The average molecular weight is 365 g/mol. The standard InChI is InChI=1S/C15H18ClN6OP/c1-3-6-24(2,23)15-20-13(17)12-14(21-15)22(9-19-12)8-10-4-5-11(16)18-7-10/h4-5,7,9H,3,6,8H2,1-2H3,(H2,17,20,21). The van der Waals surface area contributed by atoms with Crippen LogP contribution in [0.25, 0.3) is 11.2 Å². The Balaban J connectivity index is 2.05. The first kappa shape index (κ1) is 16.9. The van der Waals surface area contributed by atoms with Crippen LogP contribution in [-0.4, -0.2) is 37.3 Å². The Bertz CT molecular complexity index is 924. The van der Waals surface area contributed by atoms with E-state index in [1.165, 1.54) is 0 Å². The van der Waals surface area contributed by atoms with Crippen LogP contribution >= 0.6 is 18.7 Å². The second kappa shape index (κ2) is 6.49. The van der Waals surface area contributed by atoms with Crippen molar-refractivity contribution in [1.82, 2.24) is 24.5 Å². The van der Waals surface area contributed by atoms with Gasteiger partial charge in [0.2, 0.25) is 0 Å². The summed E-state index contributed by atoms with van der Waals surface area (Å²) in [6, 6.07) is 3.61. The fourth-order valence-corrected chi connectivity index (χ4v) is 4.30. The maximum Gasteiger partial charge on any atom is 0.192 e. The number of hydrogen-bond donors (Lipinski definition) is 1. The zero-order valence-corrected chi connectivity index (χ0v) is 15.1. The normalized spacial score (nSPS) is 14.0. The van der Waals surface area contributed by atoms with E-state index in [-0.39, 0.29) is 5.82 Å². The number of fused-ring (bicyclic) bond motifs is 1. The van der Waals surface area contributed by atoms with Crippen LogP contribution in [0.5, 0.6) is 0 Å². The number of nitrogens with zero attached hydrogens (tertiary/aromatic N) is 5. The summed E-state index contributed by atoms with van der Waals surface area (Å²) in [6.07, 6.45) is 4.69. The number of halogens is 1. The maximum atomic E-state index is 12.8. The van der Waals surface area contributed by atoms with E-state index in [1.807, 2.05) is 17.6 Å². The minimum atomic E-state index is -2.63. The molecule has 0 saturated carbocycles. The van der Waals surface area contributed by atoms with E-state index < -0.39 is 7.14 Å². The Kier molecular flexibility index (Phi) is 4.56. The van der Waals surface area contributed by atoms with Gasteiger partial charge in [-0.15, -0.1) is 0 Å². The smallest absolute Gasteiger partial charge is 0.192 e. The van der Waals surface area contributed by atoms with Crippen LogP contribution in [0.3, 0.4) is 0 Å². The molecule has 1 atom stereocenters. The van der Waals surface area contributed by atoms with Crippen LogP contribution in [0.4, 0.5) is 5.82 Å². The number of nitrogen functional groups attached to an aromatic ring is 1. The molecule has 3 aromatic rings. The van der Waals surface area contributed by atoms with Gasteiger partial charge in [-0.1, -0.05) is 24.6 Å². The van der Waals surface area contributed by atoms with E-state index in [0.29, 0.717) is 34.6 Å². The van der Waals surface area contributed by atoms with Crippen LogP contribution in [0.15, 0.2) is 24.7 Å². The predicted octanol–water partition coefficient (Wildman–Crippen LogP) is 2.53. The Labute approximate surface area is 144 Å². The van der Waals surface area contributed by atoms with Gasteiger partial charge in [-0.05, 0) is 24.7 Å². The molecule has 2 N–H and O–H groups in total. The molecule has 0 fully saturated rings. The molecule has 0 spiro atoms. The lowest BCUT2D eigenvalue weighted by molar-refractivity contribution is 0.582. The van der Waals surface area contributed by atoms with Gasteiger partial charge in [0, 0.05) is 12.4 Å². The van der Waals surface area contributed by atoms with Crippen molar-refractivity contribution in [3.05, 3.63) is 35.4 Å². The lowest BCUT2D eigenvalue weighted by Crippen LogP contribution is -2.18. The van der Waals surface area contributed by atoms with Gasteiger partial charge in [0.15, 0.2) is 17.0 Å². The van der Waals surface area contributed by atoms with Crippen molar-refractivity contribution >= 4 is 41.3 Å². The third-order valence-electron chi connectivity index (χ3n) is 3.69. The third kappa shape index (κ3) is 3.28. The number of imidazole rings is 1. The van der Waals surface area contributed by atoms with Crippen molar-refractivity contribution in [1.29, 1.82) is 0 Å². The highest BCUT2D eigenvalue weighted by Crippen LogP contribution is 2.39. The van der Waals surface area contributed by atoms with Crippen molar-refractivity contribution < 1.29 is 4.57 Å². The van der Waals surface area contributed by atoms with Crippen molar-refractivity contribution in [2.24, 2.45) is 0 Å². The predicted molar refractivity (Wildman–Crippen MR) is 96.4 cm³/mol. The highest BCUT2D eigenvalue weighted by atomic mass is 35.5. The van der Waals surface area contributed by atoms with Gasteiger partial charge in [-0.2, -0.15) is 0 Å². The molecule has 0 aliphatic heterocycles. The van der Waals surface area contributed by atoms with E-state index >= 15 is 0 Å². The lowest BCUT2D eigenvalue weighted by Gasteiger charge is -2.11. The Morgan fingerprint density at radius 3 is 2.75 bits per heavy atom. The molecule has 126 valence electrons. The molecule has 3 heterocycles. The first-order valence-corrected chi connectivity index (χ1v) is 10.3. The van der Waals surface area contributed by atoms with E-state index in [4.69, 9.17) is 17.3 Å². The SMILES string of the molecule is CCCP(C)(=O)c1nc(N)c2ncn(Cc3ccc(Cl)nc3)c2n1. The Morgan fingerprint density at radius 2 is 2.08 bits per heavy atom. The van der Waals surface area contributed by atoms with Gasteiger partial charge >= 0.3 is 0 Å². The second-order valence-electron chi connectivity index (χ2n) is 5.77.